The number of aromatic nitrogens is 3. The van der Waals surface area contributed by atoms with Gasteiger partial charge in [-0.3, -0.25) is 4.79 Å². The number of anilines is 1. The number of benzene rings is 1. The van der Waals surface area contributed by atoms with Gasteiger partial charge in [0.05, 0.1) is 4.47 Å². The maximum Gasteiger partial charge on any atom is 0.433 e. The number of amides is 1. The topological polar surface area (TPSA) is 59.3 Å². The van der Waals surface area contributed by atoms with Gasteiger partial charge in [0.2, 0.25) is 0 Å². The zero-order valence-corrected chi connectivity index (χ0v) is 15.0. The largest absolute Gasteiger partial charge is 0.433 e. The molecule has 2 aromatic heterocycles. The summed E-state index contributed by atoms with van der Waals surface area (Å²) in [6, 6.07) is 0.610. The lowest BCUT2D eigenvalue weighted by Crippen LogP contribution is -2.18. The molecular formula is C15H6BrF7N4O. The number of hydrogen-bond donors (Lipinski definition) is 1. The summed E-state index contributed by atoms with van der Waals surface area (Å²) in [5.41, 5.74) is -3.90. The number of carbonyl (C=O) groups excluding carboxylic acids is 1. The third kappa shape index (κ3) is 3.30. The molecular weight excluding hydrogens is 465 g/mol. The van der Waals surface area contributed by atoms with Crippen molar-refractivity contribution < 1.29 is 35.5 Å². The Morgan fingerprint density at radius 2 is 1.68 bits per heavy atom. The molecule has 1 amide bonds. The van der Waals surface area contributed by atoms with Gasteiger partial charge < -0.3 is 5.32 Å². The average Bonchev–Trinajstić information content (AvgIpc) is 2.92. The Balaban J connectivity index is 2.13. The Labute approximate surface area is 159 Å². The first-order valence-corrected chi connectivity index (χ1v) is 7.98. The fourth-order valence-electron chi connectivity index (χ4n) is 2.32. The number of rotatable bonds is 2. The highest BCUT2D eigenvalue weighted by Crippen LogP contribution is 2.33. The van der Waals surface area contributed by atoms with Gasteiger partial charge in [0.15, 0.2) is 34.6 Å². The Kier molecular flexibility index (Phi) is 4.81. The molecule has 2 heterocycles. The van der Waals surface area contributed by atoms with E-state index in [-0.39, 0.29) is 16.2 Å². The molecule has 0 saturated carbocycles. The SMILES string of the molecule is Cc1cc(C(F)(F)F)n2nc(C(=O)Nc3c(F)c(F)cc(F)c3F)c(Br)c2n1. The summed E-state index contributed by atoms with van der Waals surface area (Å²) in [7, 11) is 0. The van der Waals surface area contributed by atoms with E-state index in [9.17, 15) is 35.5 Å². The van der Waals surface area contributed by atoms with Crippen LogP contribution in [0.15, 0.2) is 16.6 Å². The van der Waals surface area contributed by atoms with Crippen LogP contribution in [0, 0.1) is 30.2 Å². The van der Waals surface area contributed by atoms with Gasteiger partial charge in [0.1, 0.15) is 11.4 Å². The van der Waals surface area contributed by atoms with Crippen LogP contribution in [0.25, 0.3) is 5.65 Å². The van der Waals surface area contributed by atoms with Crippen molar-refractivity contribution >= 4 is 33.2 Å². The molecule has 0 fully saturated rings. The van der Waals surface area contributed by atoms with Gasteiger partial charge >= 0.3 is 6.18 Å². The van der Waals surface area contributed by atoms with Crippen molar-refractivity contribution in [3.63, 3.8) is 0 Å². The normalized spacial score (nSPS) is 11.9. The molecule has 0 aliphatic heterocycles. The molecule has 0 atom stereocenters. The van der Waals surface area contributed by atoms with Crippen LogP contribution in [0.2, 0.25) is 0 Å². The second-order valence-corrected chi connectivity index (χ2v) is 6.27. The molecule has 5 nitrogen and oxygen atoms in total. The van der Waals surface area contributed by atoms with E-state index in [1.165, 1.54) is 6.92 Å². The van der Waals surface area contributed by atoms with Gasteiger partial charge in [-0.1, -0.05) is 0 Å². The van der Waals surface area contributed by atoms with E-state index in [2.05, 4.69) is 26.0 Å². The van der Waals surface area contributed by atoms with Crippen molar-refractivity contribution in [1.82, 2.24) is 14.6 Å². The first-order chi connectivity index (χ1) is 12.9. The average molecular weight is 471 g/mol. The zero-order chi connectivity index (χ0) is 21.0. The van der Waals surface area contributed by atoms with Crippen LogP contribution in [-0.2, 0) is 6.18 Å². The number of alkyl halides is 3. The molecule has 0 aliphatic rings. The number of fused-ring (bicyclic) bond motifs is 1. The van der Waals surface area contributed by atoms with Crippen LogP contribution < -0.4 is 5.32 Å². The van der Waals surface area contributed by atoms with Crippen molar-refractivity contribution in [3.05, 3.63) is 57.0 Å². The van der Waals surface area contributed by atoms with E-state index >= 15 is 0 Å². The third-order valence-electron chi connectivity index (χ3n) is 3.52. The highest BCUT2D eigenvalue weighted by molar-refractivity contribution is 9.10. The Hall–Kier alpha value is -2.70. The molecule has 1 aromatic carbocycles. The first-order valence-electron chi connectivity index (χ1n) is 7.19. The van der Waals surface area contributed by atoms with Crippen LogP contribution in [-0.4, -0.2) is 20.5 Å². The van der Waals surface area contributed by atoms with Crippen molar-refractivity contribution in [1.29, 1.82) is 0 Å². The van der Waals surface area contributed by atoms with Crippen molar-refractivity contribution in [2.24, 2.45) is 0 Å². The smallest absolute Gasteiger partial charge is 0.315 e. The van der Waals surface area contributed by atoms with Crippen LogP contribution in [0.1, 0.15) is 21.9 Å². The number of hydrogen-bond acceptors (Lipinski definition) is 3. The summed E-state index contributed by atoms with van der Waals surface area (Å²) in [4.78, 5) is 16.1. The lowest BCUT2D eigenvalue weighted by Gasteiger charge is -2.09. The van der Waals surface area contributed by atoms with Crippen molar-refractivity contribution in [2.75, 3.05) is 5.32 Å². The molecule has 0 radical (unpaired) electrons. The molecule has 1 N–H and O–H groups in total. The van der Waals surface area contributed by atoms with E-state index in [1.54, 1.807) is 5.32 Å². The van der Waals surface area contributed by atoms with E-state index in [4.69, 9.17) is 0 Å². The molecule has 0 saturated heterocycles. The molecule has 0 bridgehead atoms. The van der Waals surface area contributed by atoms with Crippen LogP contribution in [0.4, 0.5) is 36.4 Å². The standard InChI is InChI=1S/C15H6BrF7N4O/c1-4-2-7(15(21,22)23)27-13(24-4)8(16)11(26-27)14(28)25-12-9(19)5(17)3-6(18)10(12)20/h2-3H,1H3,(H,25,28). The summed E-state index contributed by atoms with van der Waals surface area (Å²) in [6.45, 7) is 1.27. The first kappa shape index (κ1) is 20.0. The molecule has 13 heteroatoms. The minimum absolute atomic E-state index is 0.0447. The predicted molar refractivity (Wildman–Crippen MR) is 84.7 cm³/mol. The minimum atomic E-state index is -4.85. The summed E-state index contributed by atoms with van der Waals surface area (Å²) in [6.07, 6.45) is -4.85. The van der Waals surface area contributed by atoms with Gasteiger partial charge in [-0.15, -0.1) is 0 Å². The number of aryl methyl sites for hydroxylation is 1. The van der Waals surface area contributed by atoms with Gasteiger partial charge in [-0.2, -0.15) is 18.3 Å². The summed E-state index contributed by atoms with van der Waals surface area (Å²) < 4.78 is 93.5. The molecule has 0 unspecified atom stereocenters. The third-order valence-corrected chi connectivity index (χ3v) is 4.25. The lowest BCUT2D eigenvalue weighted by molar-refractivity contribution is -0.142. The van der Waals surface area contributed by atoms with E-state index in [0.717, 1.165) is 0 Å². The van der Waals surface area contributed by atoms with Crippen LogP contribution >= 0.6 is 15.9 Å². The number of carbonyl (C=O) groups is 1. The second kappa shape index (κ2) is 6.72. The van der Waals surface area contributed by atoms with Crippen molar-refractivity contribution in [2.45, 2.75) is 13.1 Å². The minimum Gasteiger partial charge on any atom is -0.315 e. The molecule has 0 spiro atoms. The van der Waals surface area contributed by atoms with Gasteiger partial charge in [0, 0.05) is 11.8 Å². The Morgan fingerprint density at radius 1 is 1.11 bits per heavy atom. The monoisotopic (exact) mass is 470 g/mol. The number of halogens is 8. The zero-order valence-electron chi connectivity index (χ0n) is 13.4. The second-order valence-electron chi connectivity index (χ2n) is 5.48. The number of nitrogens with one attached hydrogen (secondary N) is 1. The molecule has 3 aromatic rings. The van der Waals surface area contributed by atoms with Crippen molar-refractivity contribution in [3.8, 4) is 0 Å². The summed E-state index contributed by atoms with van der Waals surface area (Å²) in [5, 5.41) is 5.03. The highest BCUT2D eigenvalue weighted by Gasteiger charge is 2.36. The molecule has 3 rings (SSSR count). The van der Waals surface area contributed by atoms with Gasteiger partial charge in [0.25, 0.3) is 5.91 Å². The van der Waals surface area contributed by atoms with E-state index < -0.39 is 58.1 Å². The maximum absolute atomic E-state index is 13.7. The van der Waals surface area contributed by atoms with Gasteiger partial charge in [-0.05, 0) is 28.9 Å². The van der Waals surface area contributed by atoms with Crippen LogP contribution in [0.3, 0.4) is 0 Å². The summed E-state index contributed by atoms with van der Waals surface area (Å²) >= 11 is 2.86. The van der Waals surface area contributed by atoms with E-state index in [0.29, 0.717) is 10.6 Å². The fourth-order valence-corrected chi connectivity index (χ4v) is 2.83. The Morgan fingerprint density at radius 3 is 2.21 bits per heavy atom. The quantitative estimate of drug-likeness (QED) is 0.438. The number of nitrogens with zero attached hydrogens (tertiary/aromatic N) is 3. The molecule has 148 valence electrons. The molecule has 28 heavy (non-hydrogen) atoms. The maximum atomic E-state index is 13.7. The molecule has 0 aliphatic carbocycles. The lowest BCUT2D eigenvalue weighted by atomic mass is 10.2. The van der Waals surface area contributed by atoms with Gasteiger partial charge in [-0.25, -0.2) is 27.1 Å². The Bertz CT molecular complexity index is 1100. The predicted octanol–water partition coefficient (Wildman–Crippen LogP) is 4.63. The highest BCUT2D eigenvalue weighted by atomic mass is 79.9. The fraction of sp³-hybridized carbons (Fsp3) is 0.133. The van der Waals surface area contributed by atoms with Crippen LogP contribution in [0.5, 0.6) is 0 Å². The van der Waals surface area contributed by atoms with E-state index in [1.807, 2.05) is 0 Å². The summed E-state index contributed by atoms with van der Waals surface area (Å²) in [5.74, 6) is -8.76.